The van der Waals surface area contributed by atoms with E-state index < -0.39 is 0 Å². The van der Waals surface area contributed by atoms with Crippen molar-refractivity contribution >= 4 is 5.91 Å². The summed E-state index contributed by atoms with van der Waals surface area (Å²) in [5.74, 6) is 0.351. The molecule has 142 valence electrons. The summed E-state index contributed by atoms with van der Waals surface area (Å²) in [7, 11) is 0. The highest BCUT2D eigenvalue weighted by Gasteiger charge is 2.47. The van der Waals surface area contributed by atoms with Gasteiger partial charge in [0.25, 0.3) is 0 Å². The average Bonchev–Trinajstić information content (AvgIpc) is 3.33. The number of H-pyrrole nitrogens is 1. The molecule has 1 aromatic heterocycles. The van der Waals surface area contributed by atoms with E-state index in [2.05, 4.69) is 34.7 Å². The molecule has 26 heavy (non-hydrogen) atoms. The van der Waals surface area contributed by atoms with Crippen molar-refractivity contribution in [1.29, 1.82) is 0 Å². The zero-order valence-electron chi connectivity index (χ0n) is 16.0. The van der Waals surface area contributed by atoms with E-state index in [-0.39, 0.29) is 17.4 Å². The lowest BCUT2D eigenvalue weighted by Crippen LogP contribution is -2.57. The number of aromatic nitrogens is 2. The molecule has 6 heteroatoms. The molecule has 0 aromatic carbocycles. The van der Waals surface area contributed by atoms with E-state index in [0.717, 1.165) is 58.5 Å². The molecule has 2 fully saturated rings. The molecule has 2 saturated heterocycles. The van der Waals surface area contributed by atoms with Gasteiger partial charge >= 0.3 is 0 Å². The van der Waals surface area contributed by atoms with E-state index in [9.17, 15) is 4.79 Å². The van der Waals surface area contributed by atoms with Crippen molar-refractivity contribution < 1.29 is 9.53 Å². The molecule has 1 amide bonds. The third kappa shape index (κ3) is 3.09. The van der Waals surface area contributed by atoms with Crippen LogP contribution in [0, 0.1) is 5.92 Å². The van der Waals surface area contributed by atoms with Crippen molar-refractivity contribution in [3.05, 3.63) is 29.4 Å². The molecule has 0 aliphatic carbocycles. The molecule has 0 unspecified atom stereocenters. The Hall–Kier alpha value is -1.66. The van der Waals surface area contributed by atoms with Crippen molar-refractivity contribution in [1.82, 2.24) is 19.8 Å². The topological polar surface area (TPSA) is 61.5 Å². The smallest absolute Gasteiger partial charge is 0.228 e. The van der Waals surface area contributed by atoms with Crippen molar-refractivity contribution in [3.63, 3.8) is 0 Å². The number of fused-ring (bicyclic) bond motifs is 2. The Bertz CT molecular complexity index is 678. The maximum Gasteiger partial charge on any atom is 0.228 e. The number of aromatic amines is 1. The Morgan fingerprint density at radius 3 is 2.88 bits per heavy atom. The minimum atomic E-state index is -0.0392. The summed E-state index contributed by atoms with van der Waals surface area (Å²) in [6.07, 6.45) is 7.96. The van der Waals surface area contributed by atoms with Crippen LogP contribution in [0.15, 0.2) is 18.0 Å². The van der Waals surface area contributed by atoms with Gasteiger partial charge in [0.1, 0.15) is 0 Å². The third-order valence-corrected chi connectivity index (χ3v) is 6.30. The van der Waals surface area contributed by atoms with Gasteiger partial charge in [0, 0.05) is 44.9 Å². The van der Waals surface area contributed by atoms with E-state index in [1.807, 2.05) is 6.33 Å². The summed E-state index contributed by atoms with van der Waals surface area (Å²) in [5, 5.41) is 0. The minimum Gasteiger partial charge on any atom is -0.381 e. The van der Waals surface area contributed by atoms with E-state index in [4.69, 9.17) is 9.72 Å². The lowest BCUT2D eigenvalue weighted by atomic mass is 9.78. The summed E-state index contributed by atoms with van der Waals surface area (Å²) in [6, 6.07) is 0. The fourth-order valence-corrected chi connectivity index (χ4v) is 4.72. The minimum absolute atomic E-state index is 0.0392. The first-order valence-electron chi connectivity index (χ1n) is 9.88. The van der Waals surface area contributed by atoms with Crippen LogP contribution in [-0.4, -0.2) is 65.1 Å². The molecule has 1 N–H and O–H groups in total. The summed E-state index contributed by atoms with van der Waals surface area (Å²) in [4.78, 5) is 25.5. The van der Waals surface area contributed by atoms with Gasteiger partial charge in [-0.25, -0.2) is 4.98 Å². The van der Waals surface area contributed by atoms with Gasteiger partial charge in [-0.15, -0.1) is 0 Å². The molecule has 4 rings (SSSR count). The standard InChI is InChI=1S/C20H30N4O2/c1-15(2)3-8-24-9-4-17-18(22-14-21-17)20(24)6-10-23(11-7-20)19(25)16-5-12-26-13-16/h3,14,16H,4-13H2,1-2H3,(H,21,22)/t16-/m0/s1. The van der Waals surface area contributed by atoms with Crippen LogP contribution in [0.1, 0.15) is 44.5 Å². The average molecular weight is 358 g/mol. The normalized spacial score (nSPS) is 25.3. The lowest BCUT2D eigenvalue weighted by Gasteiger charge is -2.50. The van der Waals surface area contributed by atoms with Crippen molar-refractivity contribution in [3.8, 4) is 0 Å². The van der Waals surface area contributed by atoms with Gasteiger partial charge < -0.3 is 14.6 Å². The van der Waals surface area contributed by atoms with Crippen molar-refractivity contribution in [2.45, 2.75) is 45.1 Å². The molecular formula is C20H30N4O2. The third-order valence-electron chi connectivity index (χ3n) is 6.30. The molecule has 1 aromatic rings. The Kier molecular flexibility index (Phi) is 4.88. The lowest BCUT2D eigenvalue weighted by molar-refractivity contribution is -0.138. The highest BCUT2D eigenvalue weighted by atomic mass is 16.5. The maximum absolute atomic E-state index is 12.8. The number of ether oxygens (including phenoxy) is 1. The second-order valence-corrected chi connectivity index (χ2v) is 8.12. The van der Waals surface area contributed by atoms with Crippen LogP contribution >= 0.6 is 0 Å². The highest BCUT2D eigenvalue weighted by molar-refractivity contribution is 5.79. The van der Waals surface area contributed by atoms with Crippen LogP contribution < -0.4 is 0 Å². The molecule has 4 heterocycles. The van der Waals surface area contributed by atoms with Crippen molar-refractivity contribution in [2.75, 3.05) is 39.4 Å². The second kappa shape index (κ2) is 7.16. The summed E-state index contributed by atoms with van der Waals surface area (Å²) in [6.45, 7) is 9.25. The first-order chi connectivity index (χ1) is 12.6. The Morgan fingerprint density at radius 2 is 2.19 bits per heavy atom. The SMILES string of the molecule is CC(C)=CCN1CCc2[nH]cnc2C12CCN(C(=O)[C@H]1CCOC1)CC2. The number of likely N-dealkylation sites (tertiary alicyclic amines) is 1. The molecular weight excluding hydrogens is 328 g/mol. The van der Waals surface area contributed by atoms with Crippen LogP contribution in [0.25, 0.3) is 0 Å². The Morgan fingerprint density at radius 1 is 1.38 bits per heavy atom. The van der Waals surface area contributed by atoms with E-state index in [1.54, 1.807) is 0 Å². The number of piperidine rings is 1. The number of nitrogens with one attached hydrogen (secondary N) is 1. The Balaban J connectivity index is 1.53. The molecule has 0 radical (unpaired) electrons. The molecule has 0 saturated carbocycles. The van der Waals surface area contributed by atoms with Crippen LogP contribution in [0.4, 0.5) is 0 Å². The number of carbonyl (C=O) groups excluding carboxylic acids is 1. The number of rotatable bonds is 3. The molecule has 3 aliphatic heterocycles. The summed E-state index contributed by atoms with van der Waals surface area (Å²) < 4.78 is 5.41. The van der Waals surface area contributed by atoms with Gasteiger partial charge in [0.05, 0.1) is 30.1 Å². The molecule has 3 aliphatic rings. The number of hydrogen-bond acceptors (Lipinski definition) is 4. The zero-order chi connectivity index (χ0) is 18.1. The number of amides is 1. The number of allylic oxidation sites excluding steroid dienone is 1. The van der Waals surface area contributed by atoms with E-state index in [0.29, 0.717) is 6.61 Å². The van der Waals surface area contributed by atoms with Crippen LogP contribution in [0.5, 0.6) is 0 Å². The van der Waals surface area contributed by atoms with E-state index in [1.165, 1.54) is 17.0 Å². The monoisotopic (exact) mass is 358 g/mol. The molecule has 0 bridgehead atoms. The van der Waals surface area contributed by atoms with Gasteiger partial charge in [0.15, 0.2) is 0 Å². The molecule has 1 atom stereocenters. The quantitative estimate of drug-likeness (QED) is 0.841. The first-order valence-corrected chi connectivity index (χ1v) is 9.88. The fourth-order valence-electron chi connectivity index (χ4n) is 4.72. The molecule has 1 spiro atoms. The molecule has 6 nitrogen and oxygen atoms in total. The predicted octanol–water partition coefficient (Wildman–Crippen LogP) is 2.09. The Labute approximate surface area is 155 Å². The van der Waals surface area contributed by atoms with Crippen LogP contribution in [0.2, 0.25) is 0 Å². The van der Waals surface area contributed by atoms with Crippen LogP contribution in [0.3, 0.4) is 0 Å². The van der Waals surface area contributed by atoms with Gasteiger partial charge in [0.2, 0.25) is 5.91 Å². The fraction of sp³-hybridized carbons (Fsp3) is 0.700. The number of nitrogens with zero attached hydrogens (tertiary/aromatic N) is 3. The van der Waals surface area contributed by atoms with E-state index >= 15 is 0 Å². The highest BCUT2D eigenvalue weighted by Crippen LogP contribution is 2.42. The second-order valence-electron chi connectivity index (χ2n) is 8.12. The van der Waals surface area contributed by atoms with Gasteiger partial charge in [-0.05, 0) is 33.1 Å². The van der Waals surface area contributed by atoms with Gasteiger partial charge in [-0.3, -0.25) is 9.69 Å². The van der Waals surface area contributed by atoms with Gasteiger partial charge in [-0.1, -0.05) is 11.6 Å². The predicted molar refractivity (Wildman–Crippen MR) is 99.7 cm³/mol. The van der Waals surface area contributed by atoms with Gasteiger partial charge in [-0.2, -0.15) is 0 Å². The number of imidazole rings is 1. The zero-order valence-corrected chi connectivity index (χ0v) is 16.0. The summed E-state index contributed by atoms with van der Waals surface area (Å²) >= 11 is 0. The first kappa shape index (κ1) is 17.7. The maximum atomic E-state index is 12.8. The van der Waals surface area contributed by atoms with Crippen LogP contribution in [-0.2, 0) is 21.5 Å². The van der Waals surface area contributed by atoms with Crippen molar-refractivity contribution in [2.24, 2.45) is 5.92 Å². The largest absolute Gasteiger partial charge is 0.381 e. The summed E-state index contributed by atoms with van der Waals surface area (Å²) in [5.41, 5.74) is 3.80. The number of carbonyl (C=O) groups is 1. The number of hydrogen-bond donors (Lipinski definition) is 1.